The van der Waals surface area contributed by atoms with Gasteiger partial charge < -0.3 is 5.32 Å². The van der Waals surface area contributed by atoms with Gasteiger partial charge in [0.25, 0.3) is 0 Å². The number of hydrogen-bond acceptors (Lipinski definition) is 2. The topological polar surface area (TPSA) is 15.3 Å². The highest BCUT2D eigenvalue weighted by Crippen LogP contribution is 2.19. The molecule has 2 rings (SSSR count). The van der Waals surface area contributed by atoms with Crippen molar-refractivity contribution in [2.75, 3.05) is 26.2 Å². The molecule has 1 atom stereocenters. The summed E-state index contributed by atoms with van der Waals surface area (Å²) in [6.07, 6.45) is 1.26. The van der Waals surface area contributed by atoms with Crippen molar-refractivity contribution in [2.24, 2.45) is 0 Å². The number of nitrogens with zero attached hydrogens (tertiary/aromatic N) is 1. The fourth-order valence-electron chi connectivity index (χ4n) is 2.20. The second kappa shape index (κ2) is 5.29. The maximum Gasteiger partial charge on any atom is 0.0320 e. The summed E-state index contributed by atoms with van der Waals surface area (Å²) in [5.41, 5.74) is 1.43. The first-order valence-corrected chi connectivity index (χ1v) is 5.87. The zero-order valence-electron chi connectivity index (χ0n) is 9.45. The molecule has 2 heteroatoms. The first-order valence-electron chi connectivity index (χ1n) is 5.87. The lowest BCUT2D eigenvalue weighted by atomic mass is 10.1. The Morgan fingerprint density at radius 3 is 2.73 bits per heavy atom. The van der Waals surface area contributed by atoms with E-state index < -0.39 is 0 Å². The van der Waals surface area contributed by atoms with E-state index in [2.05, 4.69) is 47.5 Å². The van der Waals surface area contributed by atoms with Crippen molar-refractivity contribution in [3.63, 3.8) is 0 Å². The highest BCUT2D eigenvalue weighted by molar-refractivity contribution is 5.18. The molecule has 1 heterocycles. The van der Waals surface area contributed by atoms with E-state index in [1.807, 2.05) is 0 Å². The van der Waals surface area contributed by atoms with Gasteiger partial charge in [0.2, 0.25) is 0 Å². The molecule has 1 aliphatic rings. The highest BCUT2D eigenvalue weighted by atomic mass is 15.2. The molecular weight excluding hydrogens is 184 g/mol. The quantitative estimate of drug-likeness (QED) is 0.793. The van der Waals surface area contributed by atoms with Crippen LogP contribution in [-0.4, -0.2) is 31.1 Å². The van der Waals surface area contributed by atoms with E-state index in [0.717, 1.165) is 19.6 Å². The van der Waals surface area contributed by atoms with Crippen LogP contribution in [0.4, 0.5) is 0 Å². The first-order chi connectivity index (χ1) is 7.38. The second-order valence-corrected chi connectivity index (χ2v) is 4.23. The third-order valence-corrected chi connectivity index (χ3v) is 3.20. The fourth-order valence-corrected chi connectivity index (χ4v) is 2.20. The van der Waals surface area contributed by atoms with Gasteiger partial charge in [-0.1, -0.05) is 30.3 Å². The number of nitrogens with one attached hydrogen (secondary N) is 1. The van der Waals surface area contributed by atoms with Gasteiger partial charge in [0.15, 0.2) is 0 Å². The second-order valence-electron chi connectivity index (χ2n) is 4.23. The lowest BCUT2D eigenvalue weighted by Gasteiger charge is -2.27. The summed E-state index contributed by atoms with van der Waals surface area (Å²) in [5.74, 6) is 0. The van der Waals surface area contributed by atoms with Crippen LogP contribution >= 0.6 is 0 Å². The molecule has 1 aliphatic heterocycles. The molecule has 1 N–H and O–H groups in total. The molecule has 15 heavy (non-hydrogen) atoms. The normalized spacial score (nSPS) is 20.9. The van der Waals surface area contributed by atoms with Gasteiger partial charge >= 0.3 is 0 Å². The molecular formula is C13H20N2. The Bertz CT molecular complexity index is 276. The summed E-state index contributed by atoms with van der Waals surface area (Å²) in [6, 6.07) is 11.3. The van der Waals surface area contributed by atoms with Crippen LogP contribution in [0.3, 0.4) is 0 Å². The monoisotopic (exact) mass is 204 g/mol. The average Bonchev–Trinajstić information content (AvgIpc) is 2.58. The molecule has 0 aromatic heterocycles. The van der Waals surface area contributed by atoms with Crippen LogP contribution in [0.25, 0.3) is 0 Å². The van der Waals surface area contributed by atoms with E-state index in [-0.39, 0.29) is 0 Å². The Morgan fingerprint density at radius 2 is 1.93 bits per heavy atom. The standard InChI is InChI=1S/C13H20N2/c1-12(13-6-3-2-4-7-13)15-10-5-8-14-9-11-15/h2-4,6-7,12,14H,5,8-11H2,1H3/t12-/m1/s1. The maximum atomic E-state index is 3.44. The van der Waals surface area contributed by atoms with Crippen LogP contribution in [0.15, 0.2) is 30.3 Å². The third-order valence-electron chi connectivity index (χ3n) is 3.20. The minimum atomic E-state index is 0.547. The molecule has 0 bridgehead atoms. The van der Waals surface area contributed by atoms with E-state index in [1.54, 1.807) is 0 Å². The fraction of sp³-hybridized carbons (Fsp3) is 0.538. The summed E-state index contributed by atoms with van der Waals surface area (Å²) in [4.78, 5) is 2.56. The van der Waals surface area contributed by atoms with Crippen molar-refractivity contribution >= 4 is 0 Å². The van der Waals surface area contributed by atoms with Crippen molar-refractivity contribution in [3.05, 3.63) is 35.9 Å². The number of rotatable bonds is 2. The van der Waals surface area contributed by atoms with Crippen LogP contribution in [0.2, 0.25) is 0 Å². The van der Waals surface area contributed by atoms with Crippen LogP contribution < -0.4 is 5.32 Å². The Morgan fingerprint density at radius 1 is 1.13 bits per heavy atom. The van der Waals surface area contributed by atoms with Crippen molar-refractivity contribution < 1.29 is 0 Å². The predicted molar refractivity (Wildman–Crippen MR) is 63.9 cm³/mol. The predicted octanol–water partition coefficient (Wildman–Crippen LogP) is 2.04. The Hall–Kier alpha value is -0.860. The number of benzene rings is 1. The lowest BCUT2D eigenvalue weighted by Crippen LogP contribution is -2.30. The molecule has 1 fully saturated rings. The molecule has 82 valence electrons. The Balaban J connectivity index is 2.03. The summed E-state index contributed by atoms with van der Waals surface area (Å²) in [5, 5.41) is 3.44. The minimum Gasteiger partial charge on any atom is -0.315 e. The summed E-state index contributed by atoms with van der Waals surface area (Å²) in [7, 11) is 0. The van der Waals surface area contributed by atoms with Crippen LogP contribution in [-0.2, 0) is 0 Å². The minimum absolute atomic E-state index is 0.547. The molecule has 2 nitrogen and oxygen atoms in total. The van der Waals surface area contributed by atoms with Gasteiger partial charge in [-0.2, -0.15) is 0 Å². The van der Waals surface area contributed by atoms with Crippen molar-refractivity contribution in [2.45, 2.75) is 19.4 Å². The smallest absolute Gasteiger partial charge is 0.0320 e. The molecule has 1 aromatic carbocycles. The Labute approximate surface area is 92.3 Å². The zero-order chi connectivity index (χ0) is 10.5. The van der Waals surface area contributed by atoms with Gasteiger partial charge in [-0.25, -0.2) is 0 Å². The van der Waals surface area contributed by atoms with E-state index in [0.29, 0.717) is 6.04 Å². The first kappa shape index (κ1) is 10.7. The maximum absolute atomic E-state index is 3.44. The van der Waals surface area contributed by atoms with E-state index in [1.165, 1.54) is 18.5 Å². The van der Waals surface area contributed by atoms with Gasteiger partial charge in [0.1, 0.15) is 0 Å². The molecule has 0 unspecified atom stereocenters. The Kier molecular flexibility index (Phi) is 3.75. The van der Waals surface area contributed by atoms with Gasteiger partial charge in [0, 0.05) is 19.1 Å². The largest absolute Gasteiger partial charge is 0.315 e. The van der Waals surface area contributed by atoms with Gasteiger partial charge in [-0.15, -0.1) is 0 Å². The summed E-state index contributed by atoms with van der Waals surface area (Å²) < 4.78 is 0. The molecule has 0 saturated carbocycles. The molecule has 0 amide bonds. The average molecular weight is 204 g/mol. The number of hydrogen-bond donors (Lipinski definition) is 1. The van der Waals surface area contributed by atoms with Gasteiger partial charge in [-0.05, 0) is 32.0 Å². The molecule has 0 radical (unpaired) electrons. The van der Waals surface area contributed by atoms with E-state index in [4.69, 9.17) is 0 Å². The zero-order valence-corrected chi connectivity index (χ0v) is 9.45. The van der Waals surface area contributed by atoms with Crippen LogP contribution in [0.1, 0.15) is 24.9 Å². The SMILES string of the molecule is C[C@H](c1ccccc1)N1CCCNCC1. The van der Waals surface area contributed by atoms with Crippen molar-refractivity contribution in [3.8, 4) is 0 Å². The van der Waals surface area contributed by atoms with Crippen LogP contribution in [0, 0.1) is 0 Å². The van der Waals surface area contributed by atoms with Crippen LogP contribution in [0.5, 0.6) is 0 Å². The third kappa shape index (κ3) is 2.80. The molecule has 1 saturated heterocycles. The van der Waals surface area contributed by atoms with Crippen molar-refractivity contribution in [1.82, 2.24) is 10.2 Å². The highest BCUT2D eigenvalue weighted by Gasteiger charge is 2.16. The lowest BCUT2D eigenvalue weighted by molar-refractivity contribution is 0.225. The summed E-state index contributed by atoms with van der Waals surface area (Å²) in [6.45, 7) is 6.97. The molecule has 0 aliphatic carbocycles. The molecule has 1 aromatic rings. The van der Waals surface area contributed by atoms with Gasteiger partial charge in [0.05, 0.1) is 0 Å². The van der Waals surface area contributed by atoms with Crippen molar-refractivity contribution in [1.29, 1.82) is 0 Å². The summed E-state index contributed by atoms with van der Waals surface area (Å²) >= 11 is 0. The van der Waals surface area contributed by atoms with Gasteiger partial charge in [-0.3, -0.25) is 4.90 Å². The van der Waals surface area contributed by atoms with E-state index >= 15 is 0 Å². The molecule has 0 spiro atoms. The van der Waals surface area contributed by atoms with E-state index in [9.17, 15) is 0 Å².